The van der Waals surface area contributed by atoms with Crippen LogP contribution in [0.1, 0.15) is 19.4 Å². The lowest BCUT2D eigenvalue weighted by atomic mass is 10.1. The molecule has 9 heteroatoms. The fourth-order valence-corrected chi connectivity index (χ4v) is 4.18. The number of hydrogen-bond acceptors (Lipinski definition) is 5. The third-order valence-electron chi connectivity index (χ3n) is 2.83. The maximum atomic E-state index is 12.2. The second-order valence-electron chi connectivity index (χ2n) is 4.84. The van der Waals surface area contributed by atoms with E-state index in [4.69, 9.17) is 16.7 Å². The van der Waals surface area contributed by atoms with Crippen LogP contribution in [0, 0.1) is 16.0 Å². The molecule has 1 rings (SSSR count). The Hall–Kier alpha value is -1.67. The number of rotatable bonds is 6. The van der Waals surface area contributed by atoms with E-state index in [9.17, 15) is 23.3 Å². The summed E-state index contributed by atoms with van der Waals surface area (Å²) in [4.78, 5) is 21.3. The summed E-state index contributed by atoms with van der Waals surface area (Å²) in [6.07, 6.45) is 0. The van der Waals surface area contributed by atoms with Gasteiger partial charge in [0.2, 0.25) is 0 Å². The number of nitrogens with zero attached hydrogens (tertiary/aromatic N) is 1. The van der Waals surface area contributed by atoms with Gasteiger partial charge in [-0.2, -0.15) is 0 Å². The Kier molecular flexibility index (Phi) is 5.30. The molecule has 21 heavy (non-hydrogen) atoms. The first-order valence-electron chi connectivity index (χ1n) is 5.93. The number of carboxylic acid groups (broad SMARTS) is 1. The van der Waals surface area contributed by atoms with Crippen molar-refractivity contribution in [1.29, 1.82) is 0 Å². The molecule has 0 spiro atoms. The predicted octanol–water partition coefficient (Wildman–Crippen LogP) is 2.27. The van der Waals surface area contributed by atoms with Crippen molar-refractivity contribution in [3.8, 4) is 0 Å². The first-order chi connectivity index (χ1) is 9.56. The maximum absolute atomic E-state index is 12.2. The van der Waals surface area contributed by atoms with Crippen LogP contribution in [0.25, 0.3) is 0 Å². The zero-order chi connectivity index (χ0) is 16.4. The average molecular weight is 336 g/mol. The molecular formula is C12H14ClNO6S. The molecule has 1 aromatic carbocycles. The van der Waals surface area contributed by atoms with Gasteiger partial charge in [0.05, 0.1) is 10.7 Å². The van der Waals surface area contributed by atoms with E-state index in [1.54, 1.807) is 0 Å². The molecular weight excluding hydrogens is 322 g/mol. The van der Waals surface area contributed by atoms with Crippen molar-refractivity contribution in [2.45, 2.75) is 24.9 Å². The lowest BCUT2D eigenvalue weighted by Gasteiger charge is -2.16. The van der Waals surface area contributed by atoms with Gasteiger partial charge in [0.1, 0.15) is 0 Å². The third kappa shape index (κ3) is 4.15. The van der Waals surface area contributed by atoms with Crippen LogP contribution in [-0.4, -0.2) is 29.7 Å². The van der Waals surface area contributed by atoms with E-state index in [1.807, 2.05) is 0 Å². The van der Waals surface area contributed by atoms with E-state index in [2.05, 4.69) is 0 Å². The fraction of sp³-hybridized carbons (Fsp3) is 0.417. The van der Waals surface area contributed by atoms with E-state index in [1.165, 1.54) is 19.9 Å². The molecule has 1 unspecified atom stereocenters. The van der Waals surface area contributed by atoms with Gasteiger partial charge in [-0.3, -0.25) is 14.9 Å². The Morgan fingerprint density at radius 1 is 1.43 bits per heavy atom. The molecule has 7 nitrogen and oxygen atoms in total. The summed E-state index contributed by atoms with van der Waals surface area (Å²) in [6.45, 7) is 2.92. The molecule has 0 heterocycles. The van der Waals surface area contributed by atoms with Gasteiger partial charge in [-0.1, -0.05) is 25.4 Å². The Labute approximate surface area is 126 Å². The normalized spacial score (nSPS) is 13.1. The van der Waals surface area contributed by atoms with Crippen LogP contribution in [0.4, 0.5) is 5.69 Å². The van der Waals surface area contributed by atoms with Gasteiger partial charge in [0.15, 0.2) is 15.1 Å². The Bertz CT molecular complexity index is 670. The predicted molar refractivity (Wildman–Crippen MR) is 77.0 cm³/mol. The Balaban J connectivity index is 3.29. The first-order valence-corrected chi connectivity index (χ1v) is 8.02. The van der Waals surface area contributed by atoms with Crippen molar-refractivity contribution in [2.24, 2.45) is 5.92 Å². The van der Waals surface area contributed by atoms with Crippen molar-refractivity contribution in [2.75, 3.05) is 0 Å². The highest BCUT2D eigenvalue weighted by atomic mass is 35.5. The average Bonchev–Trinajstić information content (AvgIpc) is 2.25. The highest BCUT2D eigenvalue weighted by Crippen LogP contribution is 2.27. The van der Waals surface area contributed by atoms with Crippen LogP contribution in [0.15, 0.2) is 18.2 Å². The number of benzene rings is 1. The van der Waals surface area contributed by atoms with Crippen LogP contribution in [0.3, 0.4) is 0 Å². The van der Waals surface area contributed by atoms with Crippen LogP contribution in [0.2, 0.25) is 5.02 Å². The van der Waals surface area contributed by atoms with E-state index in [-0.39, 0.29) is 10.6 Å². The van der Waals surface area contributed by atoms with Crippen LogP contribution >= 0.6 is 11.6 Å². The molecule has 0 radical (unpaired) electrons. The SMILES string of the molecule is CC(C)C(C(=O)O)S(=O)(=O)Cc1cc(Cl)ccc1[N+](=O)[O-]. The van der Waals surface area contributed by atoms with Crippen LogP contribution in [0.5, 0.6) is 0 Å². The number of nitro benzene ring substituents is 1. The summed E-state index contributed by atoms with van der Waals surface area (Å²) in [5, 5.41) is 18.5. The zero-order valence-corrected chi connectivity index (χ0v) is 12.9. The quantitative estimate of drug-likeness (QED) is 0.630. The van der Waals surface area contributed by atoms with Gasteiger partial charge in [-0.15, -0.1) is 0 Å². The molecule has 0 amide bonds. The van der Waals surface area contributed by atoms with E-state index < -0.39 is 43.3 Å². The van der Waals surface area contributed by atoms with Crippen LogP contribution < -0.4 is 0 Å². The molecule has 0 aliphatic rings. The molecule has 0 saturated carbocycles. The maximum Gasteiger partial charge on any atom is 0.322 e. The number of halogens is 1. The first kappa shape index (κ1) is 17.4. The largest absolute Gasteiger partial charge is 0.480 e. The standard InChI is InChI=1S/C12H14ClNO6S/c1-7(2)11(12(15)16)21(19,20)6-8-5-9(13)3-4-10(8)14(17)18/h3-5,7,11H,6H2,1-2H3,(H,15,16). The summed E-state index contributed by atoms with van der Waals surface area (Å²) in [7, 11) is -4.11. The number of nitro groups is 1. The summed E-state index contributed by atoms with van der Waals surface area (Å²) >= 11 is 5.72. The molecule has 0 bridgehead atoms. The molecule has 0 aliphatic carbocycles. The van der Waals surface area contributed by atoms with Crippen LogP contribution in [-0.2, 0) is 20.4 Å². The topological polar surface area (TPSA) is 115 Å². The minimum atomic E-state index is -4.11. The molecule has 0 aromatic heterocycles. The Morgan fingerprint density at radius 3 is 2.43 bits per heavy atom. The smallest absolute Gasteiger partial charge is 0.322 e. The lowest BCUT2D eigenvalue weighted by molar-refractivity contribution is -0.385. The van der Waals surface area contributed by atoms with Crippen molar-refractivity contribution < 1.29 is 23.2 Å². The second-order valence-corrected chi connectivity index (χ2v) is 7.40. The lowest BCUT2D eigenvalue weighted by Crippen LogP contribution is -2.35. The zero-order valence-electron chi connectivity index (χ0n) is 11.3. The summed E-state index contributed by atoms with van der Waals surface area (Å²) in [6, 6.07) is 3.53. The van der Waals surface area contributed by atoms with Gasteiger partial charge in [0, 0.05) is 16.7 Å². The second kappa shape index (κ2) is 6.40. The highest BCUT2D eigenvalue weighted by Gasteiger charge is 2.36. The van der Waals surface area contributed by atoms with E-state index >= 15 is 0 Å². The summed E-state index contributed by atoms with van der Waals surface area (Å²) in [5.74, 6) is -2.89. The minimum Gasteiger partial charge on any atom is -0.480 e. The number of carbonyl (C=O) groups is 1. The van der Waals surface area contributed by atoms with Gasteiger partial charge in [-0.25, -0.2) is 8.42 Å². The van der Waals surface area contributed by atoms with E-state index in [0.29, 0.717) is 0 Å². The van der Waals surface area contributed by atoms with Crippen molar-refractivity contribution in [1.82, 2.24) is 0 Å². The van der Waals surface area contributed by atoms with Gasteiger partial charge < -0.3 is 5.11 Å². The van der Waals surface area contributed by atoms with Gasteiger partial charge in [-0.05, 0) is 18.1 Å². The number of hydrogen-bond donors (Lipinski definition) is 1. The monoisotopic (exact) mass is 335 g/mol. The molecule has 0 saturated heterocycles. The van der Waals surface area contributed by atoms with E-state index in [0.717, 1.165) is 12.1 Å². The number of sulfone groups is 1. The Morgan fingerprint density at radius 2 is 2.00 bits per heavy atom. The fourth-order valence-electron chi connectivity index (χ4n) is 2.01. The summed E-state index contributed by atoms with van der Waals surface area (Å²) < 4.78 is 24.4. The molecule has 1 atom stereocenters. The summed E-state index contributed by atoms with van der Waals surface area (Å²) in [5.41, 5.74) is -0.532. The molecule has 1 N–H and O–H groups in total. The molecule has 0 aliphatic heterocycles. The number of aliphatic carboxylic acids is 1. The minimum absolute atomic E-state index is 0.126. The molecule has 116 valence electrons. The van der Waals surface area contributed by atoms with Crippen molar-refractivity contribution in [3.63, 3.8) is 0 Å². The van der Waals surface area contributed by atoms with Crippen molar-refractivity contribution in [3.05, 3.63) is 38.9 Å². The number of carboxylic acids is 1. The van der Waals surface area contributed by atoms with Gasteiger partial charge >= 0.3 is 5.97 Å². The third-order valence-corrected chi connectivity index (χ3v) is 5.30. The van der Waals surface area contributed by atoms with Gasteiger partial charge in [0.25, 0.3) is 5.69 Å². The van der Waals surface area contributed by atoms with Crippen molar-refractivity contribution >= 4 is 33.1 Å². The highest BCUT2D eigenvalue weighted by molar-refractivity contribution is 7.92. The molecule has 0 fully saturated rings. The molecule has 1 aromatic rings.